The number of piperidine rings is 1. The molecule has 1 fully saturated rings. The largest absolute Gasteiger partial charge is 0.328 e. The summed E-state index contributed by atoms with van der Waals surface area (Å²) in [5.74, 6) is 0.567. The first-order chi connectivity index (χ1) is 14.4. The summed E-state index contributed by atoms with van der Waals surface area (Å²) in [7, 11) is 0. The number of fused-ring (bicyclic) bond motifs is 1. The Kier molecular flexibility index (Phi) is 9.84. The quantitative estimate of drug-likeness (QED) is 0.525. The summed E-state index contributed by atoms with van der Waals surface area (Å²) in [6.45, 7) is 17.1. The van der Waals surface area contributed by atoms with E-state index >= 15 is 0 Å². The van der Waals surface area contributed by atoms with E-state index in [2.05, 4.69) is 82.8 Å². The molecule has 0 radical (unpaired) electrons. The van der Waals surface area contributed by atoms with Crippen molar-refractivity contribution in [1.29, 1.82) is 0 Å². The summed E-state index contributed by atoms with van der Waals surface area (Å²) < 4.78 is 0. The van der Waals surface area contributed by atoms with Crippen LogP contribution in [0.2, 0.25) is 0 Å². The number of hydrogen-bond donors (Lipinski definition) is 1. The van der Waals surface area contributed by atoms with Gasteiger partial charge in [0.25, 0.3) is 0 Å². The first kappa shape index (κ1) is 24.9. The summed E-state index contributed by atoms with van der Waals surface area (Å²) >= 11 is 0. The van der Waals surface area contributed by atoms with Crippen LogP contribution in [0.5, 0.6) is 0 Å². The molecular weight excluding hydrogens is 364 g/mol. The van der Waals surface area contributed by atoms with Gasteiger partial charge in [0, 0.05) is 18.5 Å². The van der Waals surface area contributed by atoms with Crippen LogP contribution in [0.3, 0.4) is 0 Å². The molecule has 168 valence electrons. The van der Waals surface area contributed by atoms with Crippen LogP contribution >= 0.6 is 0 Å². The normalized spacial score (nSPS) is 16.9. The number of aryl methyl sites for hydroxylation is 1. The number of rotatable bonds is 7. The first-order valence-electron chi connectivity index (χ1n) is 12.4. The molecule has 2 aromatic rings. The monoisotopic (exact) mass is 410 g/mol. The second kappa shape index (κ2) is 11.9. The van der Waals surface area contributed by atoms with Crippen LogP contribution < -0.4 is 5.73 Å². The molecule has 2 heteroatoms. The number of likely N-dealkylation sites (tertiary alicyclic amines) is 1. The fourth-order valence-electron chi connectivity index (χ4n) is 4.62. The average molecular weight is 411 g/mol. The lowest BCUT2D eigenvalue weighted by Gasteiger charge is -2.41. The van der Waals surface area contributed by atoms with E-state index in [9.17, 15) is 0 Å². The van der Waals surface area contributed by atoms with E-state index in [0.717, 1.165) is 38.9 Å². The lowest BCUT2D eigenvalue weighted by Crippen LogP contribution is -2.43. The SMILES string of the molecule is CCC.CCc1ccc2cc(C(CN3CCC(N)CC3)C(C)(CC)CC)ccc2c1. The molecule has 2 N–H and O–H groups in total. The second-order valence-corrected chi connectivity index (χ2v) is 9.55. The van der Waals surface area contributed by atoms with Gasteiger partial charge >= 0.3 is 0 Å². The van der Waals surface area contributed by atoms with Gasteiger partial charge in [0.15, 0.2) is 0 Å². The zero-order valence-corrected chi connectivity index (χ0v) is 20.5. The topological polar surface area (TPSA) is 29.3 Å². The number of hydrogen-bond acceptors (Lipinski definition) is 2. The van der Waals surface area contributed by atoms with Gasteiger partial charge in [-0.05, 0) is 59.7 Å². The minimum atomic E-state index is 0.330. The summed E-state index contributed by atoms with van der Waals surface area (Å²) in [6, 6.07) is 14.5. The Morgan fingerprint density at radius 2 is 1.50 bits per heavy atom. The molecule has 1 heterocycles. The van der Waals surface area contributed by atoms with E-state index in [-0.39, 0.29) is 0 Å². The molecule has 0 aromatic heterocycles. The molecule has 0 bridgehead atoms. The third-order valence-corrected chi connectivity index (χ3v) is 7.27. The Bertz CT molecular complexity index is 754. The lowest BCUT2D eigenvalue weighted by atomic mass is 9.69. The highest BCUT2D eigenvalue weighted by molar-refractivity contribution is 5.84. The Balaban J connectivity index is 0.00000101. The smallest absolute Gasteiger partial charge is 0.00631 e. The predicted molar refractivity (Wildman–Crippen MR) is 134 cm³/mol. The van der Waals surface area contributed by atoms with Gasteiger partial charge in [0.05, 0.1) is 0 Å². The van der Waals surface area contributed by atoms with Gasteiger partial charge in [-0.1, -0.05) is 97.2 Å². The maximum atomic E-state index is 6.14. The number of nitrogens with two attached hydrogens (primary N) is 1. The van der Waals surface area contributed by atoms with Crippen LogP contribution in [0.1, 0.15) is 90.7 Å². The van der Waals surface area contributed by atoms with Crippen LogP contribution in [0.25, 0.3) is 10.8 Å². The van der Waals surface area contributed by atoms with Crippen molar-refractivity contribution in [2.75, 3.05) is 19.6 Å². The molecule has 1 atom stereocenters. The number of benzene rings is 2. The van der Waals surface area contributed by atoms with Gasteiger partial charge in [-0.15, -0.1) is 0 Å². The molecule has 0 aliphatic carbocycles. The standard InChI is InChI=1S/C25H38N2.C3H8/c1-5-19-8-9-21-17-22(11-10-20(21)16-19)24(25(4,6-2)7-3)18-27-14-12-23(26)13-15-27;1-3-2/h8-11,16-17,23-24H,5-7,12-15,18,26H2,1-4H3;3H2,1-2H3. The highest BCUT2D eigenvalue weighted by Crippen LogP contribution is 2.43. The zero-order valence-electron chi connectivity index (χ0n) is 20.5. The van der Waals surface area contributed by atoms with E-state index in [0.29, 0.717) is 17.4 Å². The molecule has 1 aliphatic heterocycles. The molecule has 0 saturated carbocycles. The summed E-state index contributed by atoms with van der Waals surface area (Å²) in [4.78, 5) is 2.65. The molecule has 2 aromatic carbocycles. The summed E-state index contributed by atoms with van der Waals surface area (Å²) in [5.41, 5.74) is 9.39. The Labute approximate surface area is 186 Å². The minimum Gasteiger partial charge on any atom is -0.328 e. The summed E-state index contributed by atoms with van der Waals surface area (Å²) in [5, 5.41) is 2.75. The van der Waals surface area contributed by atoms with E-state index in [4.69, 9.17) is 5.73 Å². The molecule has 2 nitrogen and oxygen atoms in total. The van der Waals surface area contributed by atoms with Crippen molar-refractivity contribution in [3.63, 3.8) is 0 Å². The first-order valence-corrected chi connectivity index (χ1v) is 12.4. The van der Waals surface area contributed by atoms with Crippen LogP contribution in [-0.4, -0.2) is 30.6 Å². The van der Waals surface area contributed by atoms with Gasteiger partial charge < -0.3 is 10.6 Å². The van der Waals surface area contributed by atoms with Crippen LogP contribution in [0, 0.1) is 5.41 Å². The van der Waals surface area contributed by atoms with E-state index in [1.807, 2.05) is 0 Å². The Morgan fingerprint density at radius 3 is 2.07 bits per heavy atom. The van der Waals surface area contributed by atoms with Gasteiger partial charge in [0.1, 0.15) is 0 Å². The maximum Gasteiger partial charge on any atom is 0.00631 e. The van der Waals surface area contributed by atoms with Crippen molar-refractivity contribution in [1.82, 2.24) is 4.90 Å². The highest BCUT2D eigenvalue weighted by atomic mass is 15.1. The predicted octanol–water partition coefficient (Wildman–Crippen LogP) is 7.15. The molecular formula is C28H46N2. The van der Waals surface area contributed by atoms with Crippen LogP contribution in [0.4, 0.5) is 0 Å². The van der Waals surface area contributed by atoms with E-state index in [1.165, 1.54) is 41.2 Å². The Morgan fingerprint density at radius 1 is 0.933 bits per heavy atom. The van der Waals surface area contributed by atoms with E-state index in [1.54, 1.807) is 0 Å². The van der Waals surface area contributed by atoms with Crippen LogP contribution in [0.15, 0.2) is 36.4 Å². The molecule has 30 heavy (non-hydrogen) atoms. The Hall–Kier alpha value is -1.38. The molecule has 1 saturated heterocycles. The molecule has 0 spiro atoms. The van der Waals surface area contributed by atoms with Crippen molar-refractivity contribution < 1.29 is 0 Å². The fraction of sp³-hybridized carbons (Fsp3) is 0.643. The average Bonchev–Trinajstić information content (AvgIpc) is 2.78. The van der Waals surface area contributed by atoms with Crippen molar-refractivity contribution in [3.8, 4) is 0 Å². The van der Waals surface area contributed by atoms with E-state index < -0.39 is 0 Å². The third-order valence-electron chi connectivity index (χ3n) is 7.27. The highest BCUT2D eigenvalue weighted by Gasteiger charge is 2.34. The van der Waals surface area contributed by atoms with Gasteiger partial charge in [-0.3, -0.25) is 0 Å². The molecule has 1 aliphatic rings. The molecule has 1 unspecified atom stereocenters. The lowest BCUT2D eigenvalue weighted by molar-refractivity contribution is 0.139. The number of nitrogens with zero attached hydrogens (tertiary/aromatic N) is 1. The maximum absolute atomic E-state index is 6.14. The van der Waals surface area contributed by atoms with Crippen molar-refractivity contribution in [2.45, 2.75) is 92.0 Å². The fourth-order valence-corrected chi connectivity index (χ4v) is 4.62. The van der Waals surface area contributed by atoms with Gasteiger partial charge in [0.2, 0.25) is 0 Å². The second-order valence-electron chi connectivity index (χ2n) is 9.55. The third kappa shape index (κ3) is 6.31. The van der Waals surface area contributed by atoms with Gasteiger partial charge in [-0.25, -0.2) is 0 Å². The summed E-state index contributed by atoms with van der Waals surface area (Å²) in [6.07, 6.45) is 7.06. The van der Waals surface area contributed by atoms with Crippen molar-refractivity contribution in [2.24, 2.45) is 11.1 Å². The minimum absolute atomic E-state index is 0.330. The zero-order chi connectivity index (χ0) is 22.1. The van der Waals surface area contributed by atoms with Crippen molar-refractivity contribution >= 4 is 10.8 Å². The van der Waals surface area contributed by atoms with Crippen molar-refractivity contribution in [3.05, 3.63) is 47.5 Å². The molecule has 3 rings (SSSR count). The van der Waals surface area contributed by atoms with Crippen LogP contribution in [-0.2, 0) is 6.42 Å². The van der Waals surface area contributed by atoms with Gasteiger partial charge in [-0.2, -0.15) is 0 Å². The molecule has 0 amide bonds.